The minimum atomic E-state index is -0.0984. The Hall–Kier alpha value is -1.80. The molecule has 3 heteroatoms. The van der Waals surface area contributed by atoms with Crippen molar-refractivity contribution in [1.82, 2.24) is 4.90 Å². The normalized spacial score (nSPS) is 12.0. The summed E-state index contributed by atoms with van der Waals surface area (Å²) in [6.07, 6.45) is 0.787. The molecule has 21 heavy (non-hydrogen) atoms. The van der Waals surface area contributed by atoms with Gasteiger partial charge in [-0.05, 0) is 23.6 Å². The summed E-state index contributed by atoms with van der Waals surface area (Å²) >= 11 is 6.17. The first-order chi connectivity index (χ1) is 10.1. The Morgan fingerprint density at radius 2 is 1.71 bits per heavy atom. The van der Waals surface area contributed by atoms with E-state index in [1.807, 2.05) is 68.6 Å². The molecule has 0 heterocycles. The second-order valence-corrected chi connectivity index (χ2v) is 5.56. The van der Waals surface area contributed by atoms with Crippen LogP contribution in [-0.4, -0.2) is 17.9 Å². The molecule has 2 nitrogen and oxygen atoms in total. The molecule has 110 valence electrons. The van der Waals surface area contributed by atoms with Crippen LogP contribution in [0.15, 0.2) is 54.6 Å². The van der Waals surface area contributed by atoms with Crippen LogP contribution in [0.25, 0.3) is 0 Å². The van der Waals surface area contributed by atoms with Gasteiger partial charge in [-0.3, -0.25) is 4.79 Å². The number of hydrogen-bond donors (Lipinski definition) is 0. The third-order valence-corrected chi connectivity index (χ3v) is 4.02. The van der Waals surface area contributed by atoms with E-state index in [1.165, 1.54) is 0 Å². The van der Waals surface area contributed by atoms with E-state index < -0.39 is 0 Å². The lowest BCUT2D eigenvalue weighted by Crippen LogP contribution is -2.31. The SMILES string of the molecule is CCC(C(=O)N(C)Cc1ccccc1Cl)c1ccccc1. The van der Waals surface area contributed by atoms with Crippen molar-refractivity contribution in [2.24, 2.45) is 0 Å². The van der Waals surface area contributed by atoms with Crippen molar-refractivity contribution in [2.75, 3.05) is 7.05 Å². The Morgan fingerprint density at radius 3 is 2.33 bits per heavy atom. The quantitative estimate of drug-likeness (QED) is 0.796. The lowest BCUT2D eigenvalue weighted by molar-refractivity contribution is -0.132. The molecule has 0 radical (unpaired) electrons. The van der Waals surface area contributed by atoms with E-state index in [1.54, 1.807) is 4.90 Å². The standard InChI is InChI=1S/C18H20ClNO/c1-3-16(14-9-5-4-6-10-14)18(21)20(2)13-15-11-7-8-12-17(15)19/h4-12,16H,3,13H2,1-2H3. The molecule has 0 N–H and O–H groups in total. The average Bonchev–Trinajstić information content (AvgIpc) is 2.51. The van der Waals surface area contributed by atoms with Crippen LogP contribution in [-0.2, 0) is 11.3 Å². The predicted molar refractivity (Wildman–Crippen MR) is 87.4 cm³/mol. The Balaban J connectivity index is 2.13. The molecule has 2 rings (SSSR count). The average molecular weight is 302 g/mol. The van der Waals surface area contributed by atoms with Gasteiger partial charge >= 0.3 is 0 Å². The van der Waals surface area contributed by atoms with Crippen molar-refractivity contribution >= 4 is 17.5 Å². The van der Waals surface area contributed by atoms with E-state index in [9.17, 15) is 4.79 Å². The molecule has 2 aromatic carbocycles. The maximum atomic E-state index is 12.7. The Morgan fingerprint density at radius 1 is 1.10 bits per heavy atom. The number of hydrogen-bond acceptors (Lipinski definition) is 1. The minimum absolute atomic E-state index is 0.0984. The van der Waals surface area contributed by atoms with Crippen molar-refractivity contribution in [3.63, 3.8) is 0 Å². The highest BCUT2D eigenvalue weighted by Crippen LogP contribution is 2.23. The number of likely N-dealkylation sites (N-methyl/N-ethyl adjacent to an activating group) is 1. The molecule has 2 aromatic rings. The second kappa shape index (κ2) is 7.28. The highest BCUT2D eigenvalue weighted by molar-refractivity contribution is 6.31. The third kappa shape index (κ3) is 3.85. The minimum Gasteiger partial charge on any atom is -0.341 e. The van der Waals surface area contributed by atoms with Gasteiger partial charge in [0.05, 0.1) is 5.92 Å². The van der Waals surface area contributed by atoms with Gasteiger partial charge in [0, 0.05) is 18.6 Å². The fourth-order valence-corrected chi connectivity index (χ4v) is 2.66. The first kappa shape index (κ1) is 15.6. The molecule has 0 fully saturated rings. The molecule has 0 spiro atoms. The molecule has 0 saturated heterocycles. The number of carbonyl (C=O) groups is 1. The zero-order valence-corrected chi connectivity index (χ0v) is 13.2. The highest BCUT2D eigenvalue weighted by atomic mass is 35.5. The molecule has 1 atom stereocenters. The molecule has 0 aliphatic heterocycles. The second-order valence-electron chi connectivity index (χ2n) is 5.16. The molecular formula is C18H20ClNO. The van der Waals surface area contributed by atoms with Gasteiger partial charge in [0.1, 0.15) is 0 Å². The van der Waals surface area contributed by atoms with Gasteiger partial charge < -0.3 is 4.90 Å². The van der Waals surface area contributed by atoms with Crippen LogP contribution < -0.4 is 0 Å². The van der Waals surface area contributed by atoms with Gasteiger partial charge in [-0.25, -0.2) is 0 Å². The third-order valence-electron chi connectivity index (χ3n) is 3.65. The Labute approximate surface area is 131 Å². The van der Waals surface area contributed by atoms with Crippen molar-refractivity contribution < 1.29 is 4.79 Å². The van der Waals surface area contributed by atoms with Gasteiger partial charge in [-0.2, -0.15) is 0 Å². The monoisotopic (exact) mass is 301 g/mol. The summed E-state index contributed by atoms with van der Waals surface area (Å²) < 4.78 is 0. The predicted octanol–water partition coefficient (Wildman–Crippen LogP) is 4.49. The van der Waals surface area contributed by atoms with Crippen LogP contribution in [0.1, 0.15) is 30.4 Å². The fourth-order valence-electron chi connectivity index (χ4n) is 2.46. The van der Waals surface area contributed by atoms with Crippen molar-refractivity contribution in [2.45, 2.75) is 25.8 Å². The molecule has 0 bridgehead atoms. The number of rotatable bonds is 5. The van der Waals surface area contributed by atoms with Crippen LogP contribution >= 0.6 is 11.6 Å². The molecule has 1 unspecified atom stereocenters. The van der Waals surface area contributed by atoms with E-state index in [4.69, 9.17) is 11.6 Å². The van der Waals surface area contributed by atoms with Gasteiger partial charge in [-0.15, -0.1) is 0 Å². The molecule has 0 aliphatic carbocycles. The fraction of sp³-hybridized carbons (Fsp3) is 0.278. The number of halogens is 1. The number of nitrogens with zero attached hydrogens (tertiary/aromatic N) is 1. The number of carbonyl (C=O) groups excluding carboxylic acids is 1. The molecule has 0 aromatic heterocycles. The summed E-state index contributed by atoms with van der Waals surface area (Å²) in [6.45, 7) is 2.57. The van der Waals surface area contributed by atoms with Crippen molar-refractivity contribution in [3.05, 3.63) is 70.7 Å². The van der Waals surface area contributed by atoms with Crippen LogP contribution in [0, 0.1) is 0 Å². The zero-order valence-electron chi connectivity index (χ0n) is 12.4. The Bertz CT molecular complexity index is 597. The van der Waals surface area contributed by atoms with Crippen molar-refractivity contribution in [3.8, 4) is 0 Å². The summed E-state index contributed by atoms with van der Waals surface area (Å²) in [5.41, 5.74) is 2.04. The summed E-state index contributed by atoms with van der Waals surface area (Å²) in [4.78, 5) is 14.4. The topological polar surface area (TPSA) is 20.3 Å². The molecule has 1 amide bonds. The number of benzene rings is 2. The number of amides is 1. The van der Waals surface area contributed by atoms with Gasteiger partial charge in [0.2, 0.25) is 5.91 Å². The largest absolute Gasteiger partial charge is 0.341 e. The van der Waals surface area contributed by atoms with Gasteiger partial charge in [0.15, 0.2) is 0 Å². The first-order valence-electron chi connectivity index (χ1n) is 7.16. The Kier molecular flexibility index (Phi) is 5.40. The van der Waals surface area contributed by atoms with Gasteiger partial charge in [0.25, 0.3) is 0 Å². The smallest absolute Gasteiger partial charge is 0.230 e. The maximum absolute atomic E-state index is 12.7. The van der Waals surface area contributed by atoms with E-state index in [2.05, 4.69) is 0 Å². The maximum Gasteiger partial charge on any atom is 0.230 e. The van der Waals surface area contributed by atoms with Crippen LogP contribution in [0.2, 0.25) is 5.02 Å². The zero-order chi connectivity index (χ0) is 15.2. The van der Waals surface area contributed by atoms with Crippen LogP contribution in [0.5, 0.6) is 0 Å². The lowest BCUT2D eigenvalue weighted by Gasteiger charge is -2.24. The lowest BCUT2D eigenvalue weighted by atomic mass is 9.95. The van der Waals surface area contributed by atoms with E-state index >= 15 is 0 Å². The summed E-state index contributed by atoms with van der Waals surface area (Å²) in [6, 6.07) is 17.6. The summed E-state index contributed by atoms with van der Waals surface area (Å²) in [5, 5.41) is 0.699. The molecule has 0 aliphatic rings. The van der Waals surface area contributed by atoms with Crippen molar-refractivity contribution in [1.29, 1.82) is 0 Å². The van der Waals surface area contributed by atoms with Gasteiger partial charge in [-0.1, -0.05) is 67.1 Å². The van der Waals surface area contributed by atoms with E-state index in [0.717, 1.165) is 17.5 Å². The van der Waals surface area contributed by atoms with Crippen LogP contribution in [0.4, 0.5) is 0 Å². The summed E-state index contributed by atoms with van der Waals surface area (Å²) in [7, 11) is 1.83. The van der Waals surface area contributed by atoms with E-state index in [-0.39, 0.29) is 11.8 Å². The van der Waals surface area contributed by atoms with E-state index in [0.29, 0.717) is 11.6 Å². The van der Waals surface area contributed by atoms with Crippen LogP contribution in [0.3, 0.4) is 0 Å². The molecular weight excluding hydrogens is 282 g/mol. The summed E-state index contributed by atoms with van der Waals surface area (Å²) in [5.74, 6) is 0.0299. The first-order valence-corrected chi connectivity index (χ1v) is 7.54. The molecule has 0 saturated carbocycles. The highest BCUT2D eigenvalue weighted by Gasteiger charge is 2.22.